The number of carboxylic acids is 2. The normalized spacial score (nSPS) is 29.4. The molecule has 0 aromatic rings. The fraction of sp³-hybridized carbons (Fsp3) is 0.909. The first kappa shape index (κ1) is 28.7. The minimum atomic E-state index is -0.723. The molecule has 10 nitrogen and oxygen atoms in total. The highest BCUT2D eigenvalue weighted by Gasteiger charge is 2.27. The summed E-state index contributed by atoms with van der Waals surface area (Å²) in [6.45, 7) is 11.2. The van der Waals surface area contributed by atoms with Gasteiger partial charge in [-0.3, -0.25) is 14.5 Å². The summed E-state index contributed by atoms with van der Waals surface area (Å²) in [5.41, 5.74) is 0. The van der Waals surface area contributed by atoms with Crippen molar-refractivity contribution < 1.29 is 19.8 Å². The Kier molecular flexibility index (Phi) is 12.6. The van der Waals surface area contributed by atoms with Gasteiger partial charge in [-0.25, -0.2) is 0 Å². The minimum Gasteiger partial charge on any atom is -0.481 e. The zero-order chi connectivity index (χ0) is 24.4. The van der Waals surface area contributed by atoms with Crippen molar-refractivity contribution >= 4 is 11.9 Å². The SMILES string of the molecule is CC1CN(C)CCN1C.CN1CCN(C)C(C(=O)O)C1.CN1CCN(C)C(CC(=O)O)C1. The predicted octanol–water partition coefficient (Wildman–Crippen LogP) is -0.724. The van der Waals surface area contributed by atoms with E-state index in [1.165, 1.54) is 19.6 Å². The van der Waals surface area contributed by atoms with Gasteiger partial charge in [-0.1, -0.05) is 0 Å². The lowest BCUT2D eigenvalue weighted by molar-refractivity contribution is -0.144. The lowest BCUT2D eigenvalue weighted by Crippen LogP contribution is -2.53. The van der Waals surface area contributed by atoms with Crippen LogP contribution in [-0.4, -0.2) is 171 Å². The molecule has 3 atom stereocenters. The molecule has 0 aliphatic carbocycles. The summed E-state index contributed by atoms with van der Waals surface area (Å²) < 4.78 is 0. The van der Waals surface area contributed by atoms with Crippen LogP contribution in [0.2, 0.25) is 0 Å². The van der Waals surface area contributed by atoms with E-state index >= 15 is 0 Å². The molecule has 3 saturated heterocycles. The number of nitrogens with zero attached hydrogens (tertiary/aromatic N) is 6. The van der Waals surface area contributed by atoms with E-state index in [0.29, 0.717) is 6.54 Å². The molecule has 10 heteroatoms. The first-order valence-electron chi connectivity index (χ1n) is 11.5. The summed E-state index contributed by atoms with van der Waals surface area (Å²) in [4.78, 5) is 34.1. The van der Waals surface area contributed by atoms with Gasteiger partial charge in [0, 0.05) is 71.0 Å². The number of hydrogen-bond acceptors (Lipinski definition) is 8. The fourth-order valence-electron chi connectivity index (χ4n) is 4.03. The Hall–Kier alpha value is -1.30. The molecule has 32 heavy (non-hydrogen) atoms. The van der Waals surface area contributed by atoms with Crippen LogP contribution in [0.5, 0.6) is 0 Å². The zero-order valence-corrected chi connectivity index (χ0v) is 21.2. The highest BCUT2D eigenvalue weighted by molar-refractivity contribution is 5.73. The van der Waals surface area contributed by atoms with Crippen LogP contribution < -0.4 is 0 Å². The second-order valence-electron chi connectivity index (χ2n) is 9.68. The number of hydrogen-bond donors (Lipinski definition) is 2. The second kappa shape index (κ2) is 14.1. The summed E-state index contributed by atoms with van der Waals surface area (Å²) >= 11 is 0. The number of rotatable bonds is 3. The van der Waals surface area contributed by atoms with E-state index in [9.17, 15) is 9.59 Å². The maximum Gasteiger partial charge on any atom is 0.322 e. The molecule has 0 saturated carbocycles. The molecule has 3 aliphatic heterocycles. The van der Waals surface area contributed by atoms with Gasteiger partial charge in [0.25, 0.3) is 0 Å². The van der Waals surface area contributed by atoms with E-state index in [1.54, 1.807) is 0 Å². The van der Waals surface area contributed by atoms with E-state index in [2.05, 4.69) is 40.6 Å². The van der Waals surface area contributed by atoms with Crippen molar-refractivity contribution in [1.29, 1.82) is 0 Å². The standard InChI is InChI=1S/C8H16N2O2.C7H14N2O2.C7H16N2/c1-9-3-4-10(2)7(6-9)5-8(11)12;1-8-3-4-9(2)6(5-8)7(10)11;1-7-6-8(2)4-5-9(7)3/h7H,3-6H2,1-2H3,(H,11,12);6H,3-5H2,1-2H3,(H,10,11);7H,4-6H2,1-3H3. The van der Waals surface area contributed by atoms with Crippen molar-refractivity contribution in [2.24, 2.45) is 0 Å². The molecule has 188 valence electrons. The van der Waals surface area contributed by atoms with Crippen molar-refractivity contribution in [2.75, 3.05) is 101 Å². The lowest BCUT2D eigenvalue weighted by atomic mass is 10.1. The highest BCUT2D eigenvalue weighted by atomic mass is 16.4. The Labute approximate surface area is 194 Å². The smallest absolute Gasteiger partial charge is 0.322 e. The average molecular weight is 459 g/mol. The van der Waals surface area contributed by atoms with Crippen molar-refractivity contribution in [3.8, 4) is 0 Å². The van der Waals surface area contributed by atoms with E-state index in [-0.39, 0.29) is 18.5 Å². The second-order valence-corrected chi connectivity index (χ2v) is 9.68. The Morgan fingerprint density at radius 1 is 0.688 bits per heavy atom. The van der Waals surface area contributed by atoms with Crippen LogP contribution in [0.4, 0.5) is 0 Å². The van der Waals surface area contributed by atoms with Gasteiger partial charge in [-0.2, -0.15) is 0 Å². The molecule has 0 bridgehead atoms. The Morgan fingerprint density at radius 2 is 1.16 bits per heavy atom. The Balaban J connectivity index is 0.000000242. The third kappa shape index (κ3) is 10.5. The van der Waals surface area contributed by atoms with Crippen LogP contribution in [0.15, 0.2) is 0 Å². The van der Waals surface area contributed by atoms with Gasteiger partial charge in [0.15, 0.2) is 0 Å². The maximum atomic E-state index is 10.6. The quantitative estimate of drug-likeness (QED) is 0.564. The first-order chi connectivity index (χ1) is 14.9. The molecule has 0 spiro atoms. The van der Waals surface area contributed by atoms with Crippen LogP contribution in [0.1, 0.15) is 13.3 Å². The molecule has 3 unspecified atom stereocenters. The predicted molar refractivity (Wildman–Crippen MR) is 127 cm³/mol. The van der Waals surface area contributed by atoms with Gasteiger partial charge in [-0.05, 0) is 49.2 Å². The molecule has 3 rings (SSSR count). The van der Waals surface area contributed by atoms with Crippen LogP contribution in [0.25, 0.3) is 0 Å². The number of piperazine rings is 3. The summed E-state index contributed by atoms with van der Waals surface area (Å²) in [5.74, 6) is -1.43. The van der Waals surface area contributed by atoms with Crippen molar-refractivity contribution in [3.05, 3.63) is 0 Å². The molecule has 0 aromatic heterocycles. The third-order valence-corrected chi connectivity index (χ3v) is 6.69. The number of carboxylic acid groups (broad SMARTS) is 2. The van der Waals surface area contributed by atoms with Crippen LogP contribution in [-0.2, 0) is 9.59 Å². The lowest BCUT2D eigenvalue weighted by Gasteiger charge is -2.36. The van der Waals surface area contributed by atoms with Gasteiger partial charge in [0.05, 0.1) is 6.42 Å². The molecule has 3 aliphatic rings. The molecular weight excluding hydrogens is 412 g/mol. The Morgan fingerprint density at radius 3 is 1.59 bits per heavy atom. The number of aliphatic carboxylic acids is 2. The van der Waals surface area contributed by atoms with Gasteiger partial charge in [0.2, 0.25) is 0 Å². The monoisotopic (exact) mass is 458 g/mol. The molecule has 3 heterocycles. The third-order valence-electron chi connectivity index (χ3n) is 6.69. The van der Waals surface area contributed by atoms with Gasteiger partial charge in [0.1, 0.15) is 6.04 Å². The topological polar surface area (TPSA) is 94.0 Å². The largest absolute Gasteiger partial charge is 0.481 e. The van der Waals surface area contributed by atoms with E-state index in [0.717, 1.165) is 38.8 Å². The summed E-state index contributed by atoms with van der Waals surface area (Å²) in [5, 5.41) is 17.4. The number of carbonyl (C=O) groups is 2. The summed E-state index contributed by atoms with van der Waals surface area (Å²) in [6, 6.07) is 0.596. The molecule has 0 radical (unpaired) electrons. The average Bonchev–Trinajstić information content (AvgIpc) is 2.70. The van der Waals surface area contributed by atoms with Crippen molar-refractivity contribution in [2.45, 2.75) is 31.5 Å². The zero-order valence-electron chi connectivity index (χ0n) is 21.2. The first-order valence-corrected chi connectivity index (χ1v) is 11.5. The van der Waals surface area contributed by atoms with Crippen LogP contribution in [0.3, 0.4) is 0 Å². The van der Waals surface area contributed by atoms with Crippen LogP contribution in [0, 0.1) is 0 Å². The Bertz CT molecular complexity index is 581. The number of likely N-dealkylation sites (N-methyl/N-ethyl adjacent to an activating group) is 6. The highest BCUT2D eigenvalue weighted by Crippen LogP contribution is 2.09. The van der Waals surface area contributed by atoms with Gasteiger partial charge in [-0.15, -0.1) is 0 Å². The molecule has 3 fully saturated rings. The van der Waals surface area contributed by atoms with E-state index < -0.39 is 11.9 Å². The van der Waals surface area contributed by atoms with Crippen LogP contribution >= 0.6 is 0 Å². The van der Waals surface area contributed by atoms with E-state index in [4.69, 9.17) is 10.2 Å². The van der Waals surface area contributed by atoms with Crippen molar-refractivity contribution in [1.82, 2.24) is 29.4 Å². The molecule has 2 N–H and O–H groups in total. The molecular formula is C22H46N6O4. The summed E-state index contributed by atoms with van der Waals surface area (Å²) in [6.07, 6.45) is 0.251. The summed E-state index contributed by atoms with van der Waals surface area (Å²) in [7, 11) is 12.2. The minimum absolute atomic E-state index is 0.182. The van der Waals surface area contributed by atoms with Crippen molar-refractivity contribution in [3.63, 3.8) is 0 Å². The van der Waals surface area contributed by atoms with Gasteiger partial charge >= 0.3 is 11.9 Å². The fourth-order valence-corrected chi connectivity index (χ4v) is 4.03. The van der Waals surface area contributed by atoms with Gasteiger partial charge < -0.3 is 34.7 Å². The maximum absolute atomic E-state index is 10.6. The van der Waals surface area contributed by atoms with E-state index in [1.807, 2.05) is 38.0 Å². The molecule has 0 amide bonds. The molecule has 0 aromatic carbocycles.